The van der Waals surface area contributed by atoms with E-state index in [-0.39, 0.29) is 6.10 Å². The third kappa shape index (κ3) is 2.22. The van der Waals surface area contributed by atoms with Gasteiger partial charge in [-0.25, -0.2) is 4.85 Å². The molecule has 2 rings (SSSR count). The minimum atomic E-state index is 0.239. The number of carbonyl (C=O) groups excluding carboxylic acids is 1. The van der Waals surface area contributed by atoms with E-state index in [0.717, 1.165) is 19.1 Å². The Morgan fingerprint density at radius 2 is 2.12 bits per heavy atom. The molecule has 16 heavy (non-hydrogen) atoms. The average Bonchev–Trinajstić information content (AvgIpc) is 2.82. The molecule has 0 atom stereocenters. The molecule has 1 aromatic carbocycles. The van der Waals surface area contributed by atoms with Gasteiger partial charge in [0.15, 0.2) is 0 Å². The van der Waals surface area contributed by atoms with Crippen molar-refractivity contribution in [3.8, 4) is 5.75 Å². The smallest absolute Gasteiger partial charge is 0.228 e. The molecule has 82 valence electrons. The maximum Gasteiger partial charge on any atom is 0.228 e. The lowest BCUT2D eigenvalue weighted by Crippen LogP contribution is -2.10. The summed E-state index contributed by atoms with van der Waals surface area (Å²) in [6.07, 6.45) is 5.51. The first-order chi connectivity index (χ1) is 7.83. The number of hydrogen-bond acceptors (Lipinski definition) is 2. The molecule has 3 nitrogen and oxygen atoms in total. The summed E-state index contributed by atoms with van der Waals surface area (Å²) in [5.41, 5.74) is 0.946. The van der Waals surface area contributed by atoms with Crippen molar-refractivity contribution in [3.63, 3.8) is 0 Å². The fraction of sp³-hybridized carbons (Fsp3) is 0.385. The average molecular weight is 215 g/mol. The van der Waals surface area contributed by atoms with E-state index in [0.29, 0.717) is 17.0 Å². The number of benzene rings is 1. The maximum absolute atomic E-state index is 10.6. The lowest BCUT2D eigenvalue weighted by molar-refractivity contribution is 0.112. The van der Waals surface area contributed by atoms with Crippen LogP contribution in [0.3, 0.4) is 0 Å². The van der Waals surface area contributed by atoms with E-state index in [1.807, 2.05) is 0 Å². The van der Waals surface area contributed by atoms with Crippen molar-refractivity contribution in [1.29, 1.82) is 0 Å². The Bertz CT molecular complexity index is 428. The van der Waals surface area contributed by atoms with Crippen LogP contribution in [0.1, 0.15) is 36.0 Å². The van der Waals surface area contributed by atoms with Crippen molar-refractivity contribution in [1.82, 2.24) is 0 Å². The molecule has 1 aliphatic rings. The summed E-state index contributed by atoms with van der Waals surface area (Å²) in [7, 11) is 0. The Morgan fingerprint density at radius 3 is 2.75 bits per heavy atom. The zero-order valence-corrected chi connectivity index (χ0v) is 8.98. The van der Waals surface area contributed by atoms with Crippen LogP contribution in [0.2, 0.25) is 0 Å². The summed E-state index contributed by atoms with van der Waals surface area (Å²) >= 11 is 0. The van der Waals surface area contributed by atoms with Crippen molar-refractivity contribution < 1.29 is 9.53 Å². The highest BCUT2D eigenvalue weighted by Gasteiger charge is 2.17. The monoisotopic (exact) mass is 215 g/mol. The van der Waals surface area contributed by atoms with Crippen LogP contribution in [0.25, 0.3) is 4.85 Å². The highest BCUT2D eigenvalue weighted by atomic mass is 16.5. The SMILES string of the molecule is [C-]#[N+]c1cc(C=O)ccc1OC1CCCC1. The summed E-state index contributed by atoms with van der Waals surface area (Å²) in [6, 6.07) is 4.98. The van der Waals surface area contributed by atoms with E-state index < -0.39 is 0 Å². The molecule has 1 saturated carbocycles. The fourth-order valence-corrected chi connectivity index (χ4v) is 1.98. The van der Waals surface area contributed by atoms with E-state index in [1.54, 1.807) is 18.2 Å². The third-order valence-corrected chi connectivity index (χ3v) is 2.84. The molecule has 1 fully saturated rings. The summed E-state index contributed by atoms with van der Waals surface area (Å²) < 4.78 is 5.77. The minimum Gasteiger partial charge on any atom is -0.501 e. The number of hydrogen-bond donors (Lipinski definition) is 0. The first kappa shape index (κ1) is 10.7. The molecular weight excluding hydrogens is 202 g/mol. The molecule has 0 aliphatic heterocycles. The van der Waals surface area contributed by atoms with Crippen molar-refractivity contribution in [3.05, 3.63) is 35.2 Å². The van der Waals surface area contributed by atoms with E-state index in [1.165, 1.54) is 12.8 Å². The Balaban J connectivity index is 2.19. The molecule has 0 N–H and O–H groups in total. The van der Waals surface area contributed by atoms with Gasteiger partial charge in [0.2, 0.25) is 5.69 Å². The molecule has 0 amide bonds. The first-order valence-corrected chi connectivity index (χ1v) is 5.47. The lowest BCUT2D eigenvalue weighted by Gasteiger charge is -2.14. The van der Waals surface area contributed by atoms with Crippen LogP contribution in [0.15, 0.2) is 18.2 Å². The summed E-state index contributed by atoms with van der Waals surface area (Å²) in [6.45, 7) is 7.06. The number of ether oxygens (including phenoxy) is 1. The molecule has 1 aliphatic carbocycles. The van der Waals surface area contributed by atoms with Gasteiger partial charge in [0, 0.05) is 5.56 Å². The largest absolute Gasteiger partial charge is 0.501 e. The molecule has 1 aromatic rings. The van der Waals surface area contributed by atoms with Gasteiger partial charge in [0.05, 0.1) is 12.7 Å². The van der Waals surface area contributed by atoms with Gasteiger partial charge in [-0.15, -0.1) is 0 Å². The Kier molecular flexibility index (Phi) is 3.21. The van der Waals surface area contributed by atoms with Crippen molar-refractivity contribution in [2.75, 3.05) is 0 Å². The number of rotatable bonds is 3. The minimum absolute atomic E-state index is 0.239. The zero-order valence-electron chi connectivity index (χ0n) is 8.98. The second-order valence-electron chi connectivity index (χ2n) is 3.98. The molecule has 0 unspecified atom stereocenters. The lowest BCUT2D eigenvalue weighted by atomic mass is 10.2. The highest BCUT2D eigenvalue weighted by Crippen LogP contribution is 2.32. The van der Waals surface area contributed by atoms with Crippen molar-refractivity contribution >= 4 is 12.0 Å². The van der Waals surface area contributed by atoms with Gasteiger partial charge in [-0.2, -0.15) is 0 Å². The molecule has 0 heterocycles. The summed E-state index contributed by atoms with van der Waals surface area (Å²) in [5.74, 6) is 0.604. The van der Waals surface area contributed by atoms with E-state index in [9.17, 15) is 4.79 Å². The molecule has 0 radical (unpaired) electrons. The second-order valence-corrected chi connectivity index (χ2v) is 3.98. The first-order valence-electron chi connectivity index (χ1n) is 5.47. The van der Waals surface area contributed by atoms with Gasteiger partial charge < -0.3 is 4.74 Å². The molecule has 0 spiro atoms. The van der Waals surface area contributed by atoms with Gasteiger partial charge in [-0.3, -0.25) is 4.79 Å². The van der Waals surface area contributed by atoms with Gasteiger partial charge in [-0.05, 0) is 37.8 Å². The van der Waals surface area contributed by atoms with Crippen LogP contribution in [0.5, 0.6) is 5.75 Å². The number of carbonyl (C=O) groups is 1. The molecule has 3 heteroatoms. The van der Waals surface area contributed by atoms with Crippen LogP contribution < -0.4 is 4.74 Å². The van der Waals surface area contributed by atoms with E-state index in [4.69, 9.17) is 11.3 Å². The maximum atomic E-state index is 10.6. The number of nitrogens with zero attached hydrogens (tertiary/aromatic N) is 1. The summed E-state index contributed by atoms with van der Waals surface area (Å²) in [5, 5.41) is 0. The second kappa shape index (κ2) is 4.80. The fourth-order valence-electron chi connectivity index (χ4n) is 1.98. The van der Waals surface area contributed by atoms with Crippen molar-refractivity contribution in [2.45, 2.75) is 31.8 Å². The molecule has 0 aromatic heterocycles. The standard InChI is InChI=1S/C13H13NO2/c1-14-12-8-10(9-15)6-7-13(12)16-11-4-2-3-5-11/h6-9,11H,2-5H2. The van der Waals surface area contributed by atoms with E-state index in [2.05, 4.69) is 4.85 Å². The third-order valence-electron chi connectivity index (χ3n) is 2.84. The molecule has 0 saturated heterocycles. The normalized spacial score (nSPS) is 15.7. The van der Waals surface area contributed by atoms with Crippen LogP contribution in [0.4, 0.5) is 5.69 Å². The van der Waals surface area contributed by atoms with Gasteiger partial charge in [-0.1, -0.05) is 6.07 Å². The number of aldehydes is 1. The highest BCUT2D eigenvalue weighted by molar-refractivity contribution is 5.78. The predicted octanol–water partition coefficient (Wildman–Crippen LogP) is 3.37. The van der Waals surface area contributed by atoms with Gasteiger partial charge in [0.25, 0.3) is 0 Å². The molecular formula is C13H13NO2. The zero-order chi connectivity index (χ0) is 11.4. The topological polar surface area (TPSA) is 30.7 Å². The van der Waals surface area contributed by atoms with Crippen LogP contribution in [-0.4, -0.2) is 12.4 Å². The predicted molar refractivity (Wildman–Crippen MR) is 61.0 cm³/mol. The Morgan fingerprint density at radius 1 is 1.38 bits per heavy atom. The summed E-state index contributed by atoms with van der Waals surface area (Å²) in [4.78, 5) is 14.0. The van der Waals surface area contributed by atoms with Crippen LogP contribution >= 0.6 is 0 Å². The van der Waals surface area contributed by atoms with Crippen LogP contribution in [-0.2, 0) is 0 Å². The van der Waals surface area contributed by atoms with Gasteiger partial charge in [0.1, 0.15) is 12.0 Å². The van der Waals surface area contributed by atoms with E-state index >= 15 is 0 Å². The van der Waals surface area contributed by atoms with Crippen LogP contribution in [0, 0.1) is 6.57 Å². The Labute approximate surface area is 94.9 Å². The molecule has 0 bridgehead atoms. The van der Waals surface area contributed by atoms with Gasteiger partial charge >= 0.3 is 0 Å². The Hall–Kier alpha value is -1.82. The quantitative estimate of drug-likeness (QED) is 0.571. The van der Waals surface area contributed by atoms with Crippen molar-refractivity contribution in [2.24, 2.45) is 0 Å².